The average molecular weight is 317 g/mol. The van der Waals surface area contributed by atoms with Gasteiger partial charge in [-0.2, -0.15) is 0 Å². The van der Waals surface area contributed by atoms with E-state index in [4.69, 9.17) is 0 Å². The van der Waals surface area contributed by atoms with Crippen LogP contribution in [0, 0.1) is 0 Å². The molecule has 3 N–H and O–H groups in total. The molecule has 6 nitrogen and oxygen atoms in total. The van der Waals surface area contributed by atoms with E-state index in [-0.39, 0.29) is 24.0 Å². The predicted octanol–water partition coefficient (Wildman–Crippen LogP) is 1.27. The quantitative estimate of drug-likeness (QED) is 0.784. The van der Waals surface area contributed by atoms with E-state index >= 15 is 0 Å². The Kier molecular flexibility index (Phi) is 4.81. The molecular formula is C17H23N3O3. The van der Waals surface area contributed by atoms with E-state index in [1.54, 1.807) is 0 Å². The molecule has 2 aliphatic rings. The molecule has 3 rings (SSSR count). The Balaban J connectivity index is 1.57. The summed E-state index contributed by atoms with van der Waals surface area (Å²) >= 11 is 0. The summed E-state index contributed by atoms with van der Waals surface area (Å²) in [7, 11) is 1.34. The Morgan fingerprint density at radius 2 is 2.09 bits per heavy atom. The van der Waals surface area contributed by atoms with Gasteiger partial charge in [0, 0.05) is 12.6 Å². The van der Waals surface area contributed by atoms with Gasteiger partial charge in [-0.3, -0.25) is 4.79 Å². The Labute approximate surface area is 136 Å². The largest absolute Gasteiger partial charge is 0.453 e. The minimum absolute atomic E-state index is 0.000805. The zero-order chi connectivity index (χ0) is 16.2. The number of aryl methyl sites for hydroxylation is 1. The Hall–Kier alpha value is -2.08. The van der Waals surface area contributed by atoms with Gasteiger partial charge in [-0.1, -0.05) is 24.3 Å². The van der Waals surface area contributed by atoms with E-state index in [0.717, 1.165) is 19.3 Å². The summed E-state index contributed by atoms with van der Waals surface area (Å²) in [5.41, 5.74) is 2.56. The first-order chi connectivity index (χ1) is 11.2. The molecule has 2 amide bonds. The summed E-state index contributed by atoms with van der Waals surface area (Å²) in [4.78, 5) is 23.7. The van der Waals surface area contributed by atoms with Crippen LogP contribution >= 0.6 is 0 Å². The molecule has 0 bridgehead atoms. The van der Waals surface area contributed by atoms with Crippen molar-refractivity contribution in [1.82, 2.24) is 16.0 Å². The number of alkyl carbamates (subject to hydrolysis) is 1. The maximum absolute atomic E-state index is 12.5. The van der Waals surface area contributed by atoms with Gasteiger partial charge in [0.15, 0.2) is 0 Å². The summed E-state index contributed by atoms with van der Waals surface area (Å²) in [5, 5.41) is 9.06. The summed E-state index contributed by atoms with van der Waals surface area (Å²) in [6.07, 6.45) is 3.26. The minimum atomic E-state index is -0.459. The SMILES string of the molecule is COC(=O)N[C@@H]1CN[C@H](C(=O)N[C@@H]2CCCc3ccccc32)C1. The van der Waals surface area contributed by atoms with E-state index in [1.165, 1.54) is 18.2 Å². The number of carbonyl (C=O) groups is 2. The lowest BCUT2D eigenvalue weighted by molar-refractivity contribution is -0.123. The minimum Gasteiger partial charge on any atom is -0.453 e. The molecule has 0 spiro atoms. The monoisotopic (exact) mass is 317 g/mol. The normalized spacial score (nSPS) is 26.2. The lowest BCUT2D eigenvalue weighted by Crippen LogP contribution is -2.42. The molecular weight excluding hydrogens is 294 g/mol. The lowest BCUT2D eigenvalue weighted by atomic mass is 9.87. The van der Waals surface area contributed by atoms with Crippen molar-refractivity contribution in [2.45, 2.75) is 43.8 Å². The molecule has 0 unspecified atom stereocenters. The molecule has 0 aromatic heterocycles. The van der Waals surface area contributed by atoms with Crippen LogP contribution in [0.2, 0.25) is 0 Å². The number of nitrogens with one attached hydrogen (secondary N) is 3. The molecule has 23 heavy (non-hydrogen) atoms. The zero-order valence-corrected chi connectivity index (χ0v) is 13.3. The van der Waals surface area contributed by atoms with Crippen LogP contribution in [0.15, 0.2) is 24.3 Å². The van der Waals surface area contributed by atoms with Gasteiger partial charge in [-0.25, -0.2) is 4.79 Å². The van der Waals surface area contributed by atoms with E-state index in [2.05, 4.69) is 32.8 Å². The van der Waals surface area contributed by atoms with Gasteiger partial charge >= 0.3 is 6.09 Å². The predicted molar refractivity (Wildman–Crippen MR) is 86.0 cm³/mol. The van der Waals surface area contributed by atoms with Crippen LogP contribution in [0.25, 0.3) is 0 Å². The van der Waals surface area contributed by atoms with E-state index < -0.39 is 6.09 Å². The third-order valence-electron chi connectivity index (χ3n) is 4.64. The van der Waals surface area contributed by atoms with Crippen LogP contribution in [0.4, 0.5) is 4.79 Å². The Bertz CT molecular complexity index is 590. The molecule has 1 fully saturated rings. The highest BCUT2D eigenvalue weighted by Gasteiger charge is 2.32. The van der Waals surface area contributed by atoms with Crippen molar-refractivity contribution in [3.8, 4) is 0 Å². The van der Waals surface area contributed by atoms with Crippen molar-refractivity contribution in [1.29, 1.82) is 0 Å². The van der Waals surface area contributed by atoms with Gasteiger partial charge in [0.2, 0.25) is 5.91 Å². The molecule has 1 aromatic rings. The van der Waals surface area contributed by atoms with Crippen LogP contribution in [0.3, 0.4) is 0 Å². The van der Waals surface area contributed by atoms with Crippen LogP contribution in [-0.2, 0) is 16.0 Å². The fourth-order valence-corrected chi connectivity index (χ4v) is 3.45. The second-order valence-corrected chi connectivity index (χ2v) is 6.18. The van der Waals surface area contributed by atoms with E-state index in [0.29, 0.717) is 13.0 Å². The van der Waals surface area contributed by atoms with Crippen molar-refractivity contribution in [3.63, 3.8) is 0 Å². The van der Waals surface area contributed by atoms with Gasteiger partial charge in [0.25, 0.3) is 0 Å². The summed E-state index contributed by atoms with van der Waals surface area (Å²) < 4.78 is 4.59. The third-order valence-corrected chi connectivity index (χ3v) is 4.64. The van der Waals surface area contributed by atoms with Crippen molar-refractivity contribution in [2.24, 2.45) is 0 Å². The molecule has 124 valence electrons. The lowest BCUT2D eigenvalue weighted by Gasteiger charge is -2.27. The van der Waals surface area contributed by atoms with Gasteiger partial charge in [0.1, 0.15) is 0 Å². The first kappa shape index (κ1) is 15.8. The fraction of sp³-hybridized carbons (Fsp3) is 0.529. The number of amides is 2. The molecule has 1 saturated heterocycles. The van der Waals surface area contributed by atoms with Gasteiger partial charge < -0.3 is 20.7 Å². The molecule has 1 aliphatic heterocycles. The number of carbonyl (C=O) groups excluding carboxylic acids is 2. The number of fused-ring (bicyclic) bond motifs is 1. The maximum atomic E-state index is 12.5. The van der Waals surface area contributed by atoms with Gasteiger partial charge in [-0.15, -0.1) is 0 Å². The Morgan fingerprint density at radius 1 is 1.26 bits per heavy atom. The number of methoxy groups -OCH3 is 1. The number of hydrogen-bond donors (Lipinski definition) is 3. The molecule has 3 atom stereocenters. The van der Waals surface area contributed by atoms with Crippen molar-refractivity contribution in [2.75, 3.05) is 13.7 Å². The van der Waals surface area contributed by atoms with Gasteiger partial charge in [-0.05, 0) is 36.8 Å². The third kappa shape index (κ3) is 3.64. The highest BCUT2D eigenvalue weighted by molar-refractivity contribution is 5.83. The van der Waals surface area contributed by atoms with Crippen LogP contribution < -0.4 is 16.0 Å². The van der Waals surface area contributed by atoms with Crippen molar-refractivity contribution in [3.05, 3.63) is 35.4 Å². The topological polar surface area (TPSA) is 79.5 Å². The average Bonchev–Trinajstić information content (AvgIpc) is 3.03. The number of hydrogen-bond acceptors (Lipinski definition) is 4. The van der Waals surface area contributed by atoms with Crippen molar-refractivity contribution >= 4 is 12.0 Å². The zero-order valence-electron chi connectivity index (χ0n) is 13.3. The molecule has 1 aromatic carbocycles. The highest BCUT2D eigenvalue weighted by atomic mass is 16.5. The summed E-state index contributed by atoms with van der Waals surface area (Å²) in [6.45, 7) is 0.578. The molecule has 1 heterocycles. The smallest absolute Gasteiger partial charge is 0.407 e. The highest BCUT2D eigenvalue weighted by Crippen LogP contribution is 2.29. The number of ether oxygens (including phenoxy) is 1. The fourth-order valence-electron chi connectivity index (χ4n) is 3.45. The first-order valence-electron chi connectivity index (χ1n) is 8.13. The van der Waals surface area contributed by atoms with E-state index in [9.17, 15) is 9.59 Å². The van der Waals surface area contributed by atoms with Gasteiger partial charge in [0.05, 0.1) is 19.2 Å². The van der Waals surface area contributed by atoms with Crippen LogP contribution in [-0.4, -0.2) is 37.7 Å². The first-order valence-corrected chi connectivity index (χ1v) is 8.13. The second kappa shape index (κ2) is 7.00. The number of rotatable bonds is 3. The standard InChI is InChI=1S/C17H23N3O3/c1-23-17(22)19-12-9-15(18-10-12)16(21)20-14-8-4-6-11-5-2-3-7-13(11)14/h2-3,5,7,12,14-15,18H,4,6,8-10H2,1H3,(H,19,22)(H,20,21)/t12-,14+,15-/m0/s1. The molecule has 0 saturated carbocycles. The van der Waals surface area contributed by atoms with Crippen molar-refractivity contribution < 1.29 is 14.3 Å². The maximum Gasteiger partial charge on any atom is 0.407 e. The molecule has 0 radical (unpaired) electrons. The van der Waals surface area contributed by atoms with Crippen LogP contribution in [0.5, 0.6) is 0 Å². The summed E-state index contributed by atoms with van der Waals surface area (Å²) in [6, 6.07) is 8.05. The molecule has 1 aliphatic carbocycles. The number of benzene rings is 1. The summed E-state index contributed by atoms with van der Waals surface area (Å²) in [5.74, 6) is 0.000805. The Morgan fingerprint density at radius 3 is 2.91 bits per heavy atom. The van der Waals surface area contributed by atoms with Crippen LogP contribution in [0.1, 0.15) is 36.4 Å². The second-order valence-electron chi connectivity index (χ2n) is 6.18. The molecule has 6 heteroatoms. The van der Waals surface area contributed by atoms with E-state index in [1.807, 2.05) is 12.1 Å².